The van der Waals surface area contributed by atoms with Gasteiger partial charge in [0.05, 0.1) is 16.7 Å². The van der Waals surface area contributed by atoms with Crippen molar-refractivity contribution in [3.63, 3.8) is 0 Å². The number of hydrogen-bond donors (Lipinski definition) is 0. The molecule has 3 rings (SSSR count). The summed E-state index contributed by atoms with van der Waals surface area (Å²) in [6.45, 7) is 5.97. The van der Waals surface area contributed by atoms with Gasteiger partial charge in [-0.15, -0.1) is 0 Å². The van der Waals surface area contributed by atoms with Crippen molar-refractivity contribution >= 4 is 27.9 Å². The second-order valence-electron chi connectivity index (χ2n) is 8.27. The first kappa shape index (κ1) is 21.0. The van der Waals surface area contributed by atoms with Crippen molar-refractivity contribution in [1.29, 1.82) is 0 Å². The predicted molar refractivity (Wildman–Crippen MR) is 100.0 cm³/mol. The number of nitrogens with zero attached hydrogens (tertiary/aromatic N) is 2. The molecule has 1 spiro atoms. The molecule has 1 aromatic rings. The third-order valence-corrected chi connectivity index (χ3v) is 5.39. The first-order valence-corrected chi connectivity index (χ1v) is 9.78. The summed E-state index contributed by atoms with van der Waals surface area (Å²) >= 11 is 3.03. The van der Waals surface area contributed by atoms with Crippen molar-refractivity contribution < 1.29 is 27.5 Å². The monoisotopic (exact) mass is 462 g/mol. The summed E-state index contributed by atoms with van der Waals surface area (Å²) in [6.07, 6.45) is -3.80. The Kier molecular flexibility index (Phi) is 5.19. The summed E-state index contributed by atoms with van der Waals surface area (Å²) in [7, 11) is 0. The topological polar surface area (TPSA) is 49.9 Å². The molecule has 0 aromatic heterocycles. The van der Waals surface area contributed by atoms with Crippen molar-refractivity contribution in [2.45, 2.75) is 50.9 Å². The molecule has 1 heterocycles. The van der Waals surface area contributed by atoms with Crippen LogP contribution in [0.3, 0.4) is 0 Å². The van der Waals surface area contributed by atoms with E-state index in [0.717, 1.165) is 6.07 Å². The summed E-state index contributed by atoms with van der Waals surface area (Å²) in [6, 6.07) is 3.55. The van der Waals surface area contributed by atoms with Gasteiger partial charge in [-0.1, -0.05) is 15.9 Å². The number of hydrogen-bond acceptors (Lipinski definition) is 3. The third-order valence-electron chi connectivity index (χ3n) is 4.89. The molecule has 9 heteroatoms. The van der Waals surface area contributed by atoms with Gasteiger partial charge in [-0.3, -0.25) is 4.79 Å². The van der Waals surface area contributed by atoms with Crippen molar-refractivity contribution in [1.82, 2.24) is 9.80 Å². The van der Waals surface area contributed by atoms with Gasteiger partial charge in [0.1, 0.15) is 5.60 Å². The number of halogens is 4. The molecule has 1 saturated carbocycles. The van der Waals surface area contributed by atoms with E-state index in [0.29, 0.717) is 12.8 Å². The molecule has 154 valence electrons. The highest BCUT2D eigenvalue weighted by atomic mass is 79.9. The summed E-state index contributed by atoms with van der Waals surface area (Å²) in [4.78, 5) is 28.4. The number of alkyl halides is 3. The van der Waals surface area contributed by atoms with Crippen molar-refractivity contribution in [2.24, 2.45) is 0 Å². The van der Waals surface area contributed by atoms with Gasteiger partial charge in [-0.05, 0) is 51.8 Å². The van der Waals surface area contributed by atoms with Crippen molar-refractivity contribution in [3.05, 3.63) is 33.8 Å². The average Bonchev–Trinajstić information content (AvgIpc) is 3.31. The molecule has 1 saturated heterocycles. The zero-order valence-corrected chi connectivity index (χ0v) is 17.5. The highest BCUT2D eigenvalue weighted by molar-refractivity contribution is 9.10. The lowest BCUT2D eigenvalue weighted by Gasteiger charge is -2.42. The fourth-order valence-corrected chi connectivity index (χ4v) is 3.79. The number of amides is 2. The fraction of sp³-hybridized carbons (Fsp3) is 0.579. The van der Waals surface area contributed by atoms with E-state index >= 15 is 0 Å². The summed E-state index contributed by atoms with van der Waals surface area (Å²) < 4.78 is 45.9. The van der Waals surface area contributed by atoms with Gasteiger partial charge >= 0.3 is 12.3 Å². The van der Waals surface area contributed by atoms with Crippen LogP contribution in [0.25, 0.3) is 0 Å². The van der Waals surface area contributed by atoms with Crippen LogP contribution < -0.4 is 0 Å². The number of piperazine rings is 1. The van der Waals surface area contributed by atoms with Gasteiger partial charge in [-0.25, -0.2) is 4.79 Å². The zero-order chi connectivity index (χ0) is 20.9. The number of ether oxygens (including phenoxy) is 1. The first-order chi connectivity index (χ1) is 12.8. The van der Waals surface area contributed by atoms with Gasteiger partial charge < -0.3 is 14.5 Å². The van der Waals surface area contributed by atoms with E-state index in [2.05, 4.69) is 15.9 Å². The van der Waals surface area contributed by atoms with Crippen molar-refractivity contribution in [2.75, 3.05) is 19.6 Å². The molecule has 5 nitrogen and oxygen atoms in total. The SMILES string of the molecule is CC(C)(C)OC(=O)N1CCN(C(=O)c2ccc(Br)cc2C(F)(F)F)C2(CC2)C1. The van der Waals surface area contributed by atoms with E-state index in [1.807, 2.05) is 0 Å². The van der Waals surface area contributed by atoms with Crippen LogP contribution in [0.15, 0.2) is 22.7 Å². The van der Waals surface area contributed by atoms with Crippen LogP contribution in [0.1, 0.15) is 49.5 Å². The molecule has 0 radical (unpaired) electrons. The molecule has 1 aliphatic heterocycles. The molecule has 2 fully saturated rings. The Balaban J connectivity index is 1.82. The first-order valence-electron chi connectivity index (χ1n) is 8.99. The fourth-order valence-electron chi connectivity index (χ4n) is 3.43. The lowest BCUT2D eigenvalue weighted by atomic mass is 10.0. The van der Waals surface area contributed by atoms with Gasteiger partial charge in [0.25, 0.3) is 5.91 Å². The van der Waals surface area contributed by atoms with E-state index < -0.39 is 34.9 Å². The quantitative estimate of drug-likeness (QED) is 0.607. The Morgan fingerprint density at radius 1 is 1.14 bits per heavy atom. The molecular formula is C19H22BrF3N2O3. The van der Waals surface area contributed by atoms with Gasteiger partial charge in [0.2, 0.25) is 0 Å². The molecule has 1 aliphatic carbocycles. The smallest absolute Gasteiger partial charge is 0.417 e. The normalized spacial score (nSPS) is 19.0. The van der Waals surface area contributed by atoms with E-state index in [-0.39, 0.29) is 29.7 Å². The van der Waals surface area contributed by atoms with E-state index in [1.54, 1.807) is 20.8 Å². The second-order valence-corrected chi connectivity index (χ2v) is 9.19. The van der Waals surface area contributed by atoms with E-state index in [9.17, 15) is 22.8 Å². The third kappa shape index (κ3) is 4.29. The second kappa shape index (κ2) is 6.93. The predicted octanol–water partition coefficient (Wildman–Crippen LogP) is 4.69. The van der Waals surface area contributed by atoms with Crippen LogP contribution >= 0.6 is 15.9 Å². The summed E-state index contributed by atoms with van der Waals surface area (Å²) in [5.41, 5.74) is -2.58. The Morgan fingerprint density at radius 2 is 1.79 bits per heavy atom. The highest BCUT2D eigenvalue weighted by Gasteiger charge is 2.55. The lowest BCUT2D eigenvalue weighted by molar-refractivity contribution is -0.138. The number of benzene rings is 1. The molecule has 2 aliphatic rings. The maximum absolute atomic E-state index is 13.4. The number of carbonyl (C=O) groups excluding carboxylic acids is 2. The minimum absolute atomic E-state index is 0.172. The number of rotatable bonds is 1. The standard InChI is InChI=1S/C19H22BrF3N2O3/c1-17(2,3)28-16(27)24-8-9-25(18(11-24)6-7-18)15(26)13-5-4-12(20)10-14(13)19(21,22)23/h4-5,10H,6-9,11H2,1-3H3. The van der Waals surface area contributed by atoms with Gasteiger partial charge in [-0.2, -0.15) is 13.2 Å². The molecule has 28 heavy (non-hydrogen) atoms. The van der Waals surface area contributed by atoms with Gasteiger partial charge in [0.15, 0.2) is 0 Å². The Bertz CT molecular complexity index is 801. The average molecular weight is 463 g/mol. The van der Waals surface area contributed by atoms with Crippen LogP contribution in [0.4, 0.5) is 18.0 Å². The maximum atomic E-state index is 13.4. The van der Waals surface area contributed by atoms with E-state index in [1.165, 1.54) is 21.9 Å². The van der Waals surface area contributed by atoms with Crippen LogP contribution in [0, 0.1) is 0 Å². The summed E-state index contributed by atoms with van der Waals surface area (Å²) in [5, 5.41) is 0. The molecule has 0 N–H and O–H groups in total. The molecular weight excluding hydrogens is 441 g/mol. The molecule has 0 atom stereocenters. The minimum atomic E-state index is -4.64. The van der Waals surface area contributed by atoms with Crippen LogP contribution in [-0.2, 0) is 10.9 Å². The minimum Gasteiger partial charge on any atom is -0.444 e. The highest BCUT2D eigenvalue weighted by Crippen LogP contribution is 2.46. The van der Waals surface area contributed by atoms with Crippen molar-refractivity contribution in [3.8, 4) is 0 Å². The van der Waals surface area contributed by atoms with Crippen LogP contribution in [0.5, 0.6) is 0 Å². The molecule has 0 unspecified atom stereocenters. The Labute approximate surface area is 169 Å². The van der Waals surface area contributed by atoms with Gasteiger partial charge in [0, 0.05) is 24.1 Å². The maximum Gasteiger partial charge on any atom is 0.417 e. The lowest BCUT2D eigenvalue weighted by Crippen LogP contribution is -2.58. The van der Waals surface area contributed by atoms with Crippen LogP contribution in [0.2, 0.25) is 0 Å². The van der Waals surface area contributed by atoms with Crippen LogP contribution in [-0.4, -0.2) is 52.6 Å². The molecule has 1 aromatic carbocycles. The Morgan fingerprint density at radius 3 is 2.32 bits per heavy atom. The van der Waals surface area contributed by atoms with E-state index in [4.69, 9.17) is 4.74 Å². The largest absolute Gasteiger partial charge is 0.444 e. The zero-order valence-electron chi connectivity index (χ0n) is 15.9. The number of carbonyl (C=O) groups is 2. The summed E-state index contributed by atoms with van der Waals surface area (Å²) in [5.74, 6) is -0.652. The Hall–Kier alpha value is -1.77. The molecule has 2 amide bonds. The molecule has 0 bridgehead atoms.